The maximum absolute atomic E-state index is 11.1. The second-order valence-corrected chi connectivity index (χ2v) is 7.20. The van der Waals surface area contributed by atoms with Crippen LogP contribution >= 0.6 is 0 Å². The average Bonchev–Trinajstić information content (AvgIpc) is 2.63. The van der Waals surface area contributed by atoms with Crippen molar-refractivity contribution in [3.63, 3.8) is 0 Å². The molecule has 0 aliphatic heterocycles. The second kappa shape index (κ2) is 8.86. The predicted molar refractivity (Wildman–Crippen MR) is 98.4 cm³/mol. The number of methoxy groups -OCH3 is 3. The number of rotatable bonds is 9. The monoisotopic (exact) mass is 381 g/mol. The summed E-state index contributed by atoms with van der Waals surface area (Å²) in [6, 6.07) is 7.46. The highest BCUT2D eigenvalue weighted by Gasteiger charge is 2.16. The molecule has 0 aliphatic rings. The van der Waals surface area contributed by atoms with Crippen LogP contribution in [0, 0.1) is 0 Å². The molecule has 26 heavy (non-hydrogen) atoms. The van der Waals surface area contributed by atoms with Gasteiger partial charge in [0.25, 0.3) is 10.1 Å². The number of aromatic nitrogens is 1. The van der Waals surface area contributed by atoms with Gasteiger partial charge in [0.15, 0.2) is 11.5 Å². The summed E-state index contributed by atoms with van der Waals surface area (Å²) in [4.78, 5) is 4.47. The van der Waals surface area contributed by atoms with Crippen molar-refractivity contribution < 1.29 is 26.8 Å². The Morgan fingerprint density at radius 2 is 1.69 bits per heavy atom. The van der Waals surface area contributed by atoms with E-state index in [2.05, 4.69) is 4.98 Å². The van der Waals surface area contributed by atoms with Gasteiger partial charge in [-0.1, -0.05) is 6.07 Å². The Morgan fingerprint density at radius 1 is 1.04 bits per heavy atom. The van der Waals surface area contributed by atoms with E-state index in [1.54, 1.807) is 27.5 Å². The average molecular weight is 381 g/mol. The number of aryl methyl sites for hydroxylation is 1. The second-order valence-electron chi connectivity index (χ2n) is 5.55. The summed E-state index contributed by atoms with van der Waals surface area (Å²) in [6.45, 7) is 0.127. The van der Waals surface area contributed by atoms with Crippen molar-refractivity contribution in [2.45, 2.75) is 12.8 Å². The van der Waals surface area contributed by atoms with Crippen molar-refractivity contribution in [2.24, 2.45) is 0 Å². The van der Waals surface area contributed by atoms with Gasteiger partial charge in [0.05, 0.1) is 39.9 Å². The predicted octanol–water partition coefficient (Wildman–Crippen LogP) is 2.68. The van der Waals surface area contributed by atoms with Gasteiger partial charge >= 0.3 is 0 Å². The zero-order valence-corrected chi connectivity index (χ0v) is 16.1. The van der Waals surface area contributed by atoms with Crippen LogP contribution in [0.2, 0.25) is 0 Å². The molecule has 8 heteroatoms. The largest absolute Gasteiger partial charge is 0.493 e. The molecule has 1 heterocycles. The van der Waals surface area contributed by atoms with Gasteiger partial charge in [-0.2, -0.15) is 8.42 Å². The van der Waals surface area contributed by atoms with E-state index in [-0.39, 0.29) is 6.61 Å². The fraction of sp³-hybridized carbons (Fsp3) is 0.389. The normalized spacial score (nSPS) is 11.2. The van der Waals surface area contributed by atoms with Gasteiger partial charge in [-0.05, 0) is 36.6 Å². The summed E-state index contributed by atoms with van der Waals surface area (Å²) < 4.78 is 43.1. The molecule has 1 aromatic heterocycles. The third kappa shape index (κ3) is 5.09. The molecule has 0 unspecified atom stereocenters. The first kappa shape index (κ1) is 20.0. The minimum absolute atomic E-state index is 0.127. The van der Waals surface area contributed by atoms with Gasteiger partial charge in [0.1, 0.15) is 0 Å². The number of ether oxygens (including phenoxy) is 3. The van der Waals surface area contributed by atoms with E-state index in [4.69, 9.17) is 18.4 Å². The van der Waals surface area contributed by atoms with E-state index in [9.17, 15) is 8.42 Å². The fourth-order valence-electron chi connectivity index (χ4n) is 2.59. The van der Waals surface area contributed by atoms with E-state index in [1.807, 2.05) is 24.3 Å². The third-order valence-electron chi connectivity index (χ3n) is 3.72. The topological polar surface area (TPSA) is 84.0 Å². The Bertz CT molecular complexity index is 826. The molecule has 2 rings (SSSR count). The fourth-order valence-corrected chi connectivity index (χ4v) is 3.01. The summed E-state index contributed by atoms with van der Waals surface area (Å²) in [5.74, 6) is 1.59. The number of hydrogen-bond donors (Lipinski definition) is 0. The summed E-state index contributed by atoms with van der Waals surface area (Å²) >= 11 is 0. The lowest BCUT2D eigenvalue weighted by Gasteiger charge is -2.15. The first-order valence-corrected chi connectivity index (χ1v) is 9.80. The minimum atomic E-state index is -3.43. The molecule has 0 bridgehead atoms. The molecule has 0 radical (unpaired) electrons. The molecule has 1 aromatic carbocycles. The van der Waals surface area contributed by atoms with Crippen molar-refractivity contribution in [3.05, 3.63) is 36.0 Å². The summed E-state index contributed by atoms with van der Waals surface area (Å²) in [5.41, 5.74) is 2.56. The van der Waals surface area contributed by atoms with Crippen LogP contribution in [0.25, 0.3) is 11.3 Å². The molecule has 2 aromatic rings. The van der Waals surface area contributed by atoms with Gasteiger partial charge in [0, 0.05) is 11.8 Å². The smallest absolute Gasteiger partial charge is 0.264 e. The van der Waals surface area contributed by atoms with Crippen LogP contribution in [0.4, 0.5) is 0 Å². The number of pyridine rings is 1. The molecule has 7 nitrogen and oxygen atoms in total. The van der Waals surface area contributed by atoms with Gasteiger partial charge < -0.3 is 14.2 Å². The van der Waals surface area contributed by atoms with E-state index >= 15 is 0 Å². The molecule has 0 saturated heterocycles. The molecule has 0 N–H and O–H groups in total. The number of benzene rings is 1. The zero-order chi connectivity index (χ0) is 19.2. The highest BCUT2D eigenvalue weighted by atomic mass is 32.2. The first-order chi connectivity index (χ1) is 12.4. The standard InChI is InChI=1S/C18H23NO6S/c1-22-15-11-14(12-16(23-2)18(15)24-3)17-13(7-5-9-19-17)8-6-10-25-26(4,20)21/h5,7,9,11-12H,6,8,10H2,1-4H3. The van der Waals surface area contributed by atoms with Crippen molar-refractivity contribution in [1.82, 2.24) is 4.98 Å². The Kier molecular flexibility index (Phi) is 6.82. The summed E-state index contributed by atoms with van der Waals surface area (Å²) in [7, 11) is 1.24. The highest BCUT2D eigenvalue weighted by Crippen LogP contribution is 2.41. The Labute approximate surface area is 154 Å². The van der Waals surface area contributed by atoms with Crippen molar-refractivity contribution >= 4 is 10.1 Å². The van der Waals surface area contributed by atoms with Crippen LogP contribution < -0.4 is 14.2 Å². The van der Waals surface area contributed by atoms with Crippen molar-refractivity contribution in [1.29, 1.82) is 0 Å². The lowest BCUT2D eigenvalue weighted by molar-refractivity contribution is 0.316. The quantitative estimate of drug-likeness (QED) is 0.488. The van der Waals surface area contributed by atoms with Crippen molar-refractivity contribution in [2.75, 3.05) is 34.2 Å². The van der Waals surface area contributed by atoms with Crippen LogP contribution in [-0.4, -0.2) is 47.6 Å². The summed E-state index contributed by atoms with van der Waals surface area (Å²) in [5, 5.41) is 0. The van der Waals surface area contributed by atoms with Crippen LogP contribution in [0.15, 0.2) is 30.5 Å². The minimum Gasteiger partial charge on any atom is -0.493 e. The van der Waals surface area contributed by atoms with Crippen LogP contribution in [0.1, 0.15) is 12.0 Å². The van der Waals surface area contributed by atoms with Gasteiger partial charge in [0.2, 0.25) is 5.75 Å². The van der Waals surface area contributed by atoms with E-state index in [0.29, 0.717) is 30.1 Å². The van der Waals surface area contributed by atoms with E-state index in [0.717, 1.165) is 23.1 Å². The summed E-state index contributed by atoms with van der Waals surface area (Å²) in [6.07, 6.45) is 3.92. The molecule has 0 spiro atoms. The zero-order valence-electron chi connectivity index (χ0n) is 15.3. The van der Waals surface area contributed by atoms with Crippen LogP contribution in [0.5, 0.6) is 17.2 Å². The molecule has 0 saturated carbocycles. The van der Waals surface area contributed by atoms with Gasteiger partial charge in [-0.15, -0.1) is 0 Å². The van der Waals surface area contributed by atoms with Crippen LogP contribution in [-0.2, 0) is 20.7 Å². The SMILES string of the molecule is COc1cc(-c2ncccc2CCCOS(C)(=O)=O)cc(OC)c1OC. The number of hydrogen-bond acceptors (Lipinski definition) is 7. The maximum Gasteiger partial charge on any atom is 0.264 e. The molecule has 0 atom stereocenters. The van der Waals surface area contributed by atoms with E-state index in [1.165, 1.54) is 0 Å². The molecule has 0 amide bonds. The molecular weight excluding hydrogens is 358 g/mol. The molecular formula is C18H23NO6S. The van der Waals surface area contributed by atoms with E-state index < -0.39 is 10.1 Å². The third-order valence-corrected chi connectivity index (χ3v) is 4.31. The highest BCUT2D eigenvalue weighted by molar-refractivity contribution is 7.85. The van der Waals surface area contributed by atoms with Crippen LogP contribution in [0.3, 0.4) is 0 Å². The Hall–Kier alpha value is -2.32. The molecule has 0 fully saturated rings. The maximum atomic E-state index is 11.1. The lowest BCUT2D eigenvalue weighted by Crippen LogP contribution is -2.05. The van der Waals surface area contributed by atoms with Crippen molar-refractivity contribution in [3.8, 4) is 28.5 Å². The first-order valence-electron chi connectivity index (χ1n) is 7.98. The molecule has 142 valence electrons. The molecule has 0 aliphatic carbocycles. The van der Waals surface area contributed by atoms with Gasteiger partial charge in [-0.3, -0.25) is 9.17 Å². The Balaban J connectivity index is 2.31. The lowest BCUT2D eigenvalue weighted by atomic mass is 10.0. The van der Waals surface area contributed by atoms with Gasteiger partial charge in [-0.25, -0.2) is 0 Å². The Morgan fingerprint density at radius 3 is 2.23 bits per heavy atom. The number of nitrogens with zero attached hydrogens (tertiary/aromatic N) is 1.